The third kappa shape index (κ3) is 4.26. The molecule has 0 aromatic carbocycles. The predicted octanol–water partition coefficient (Wildman–Crippen LogP) is 6.43. The lowest BCUT2D eigenvalue weighted by Gasteiger charge is -2.16. The Balaban J connectivity index is 1.91. The molecule has 0 spiro atoms. The number of hydrogen-bond acceptors (Lipinski definition) is 4. The number of aliphatic imine (C=N–C) groups is 2. The molecule has 0 aliphatic carbocycles. The lowest BCUT2D eigenvalue weighted by atomic mass is 9.89. The number of hydrogen-bond donors (Lipinski definition) is 2. The summed E-state index contributed by atoms with van der Waals surface area (Å²) >= 11 is 0. The molecule has 1 unspecified atom stereocenters. The molecule has 3 aliphatic heterocycles. The smallest absolute Gasteiger partial charge is 0.101 e. The molecule has 0 saturated heterocycles. The summed E-state index contributed by atoms with van der Waals surface area (Å²) in [5.74, 6) is 0. The van der Waals surface area contributed by atoms with Crippen LogP contribution in [0.25, 0.3) is 18.2 Å². The molecule has 39 heavy (non-hydrogen) atoms. The maximum Gasteiger partial charge on any atom is 0.101 e. The van der Waals surface area contributed by atoms with E-state index in [0.717, 1.165) is 81.6 Å². The molecule has 2 aromatic heterocycles. The van der Waals surface area contributed by atoms with Gasteiger partial charge >= 0.3 is 0 Å². The van der Waals surface area contributed by atoms with E-state index in [2.05, 4.69) is 88.8 Å². The fourth-order valence-electron chi connectivity index (χ4n) is 6.54. The Kier molecular flexibility index (Phi) is 7.15. The van der Waals surface area contributed by atoms with Crippen molar-refractivity contribution in [1.29, 1.82) is 0 Å². The molecule has 8 bridgehead atoms. The van der Waals surface area contributed by atoms with Crippen LogP contribution in [0.2, 0.25) is 0 Å². The average molecular weight is 522 g/mol. The van der Waals surface area contributed by atoms with Gasteiger partial charge in [-0.1, -0.05) is 27.7 Å². The largest absolute Gasteiger partial charge is 0.355 e. The molecule has 0 saturated carbocycles. The highest BCUT2D eigenvalue weighted by molar-refractivity contribution is 6.24. The number of nitrogens with one attached hydrogen (secondary N) is 2. The second kappa shape index (κ2) is 10.4. The first-order chi connectivity index (χ1) is 18.8. The number of nitrogens with zero attached hydrogens (tertiary/aromatic N) is 3. The average Bonchev–Trinajstić information content (AvgIpc) is 3.59. The summed E-state index contributed by atoms with van der Waals surface area (Å²) in [6.07, 6.45) is 11.6. The van der Waals surface area contributed by atoms with Gasteiger partial charge < -0.3 is 9.97 Å². The van der Waals surface area contributed by atoms with E-state index in [1.807, 2.05) is 0 Å². The van der Waals surface area contributed by atoms with Crippen LogP contribution in [0, 0.1) is 18.8 Å². The lowest BCUT2D eigenvalue weighted by molar-refractivity contribution is 0.876. The topological polar surface area (TPSA) is 85.7 Å². The summed E-state index contributed by atoms with van der Waals surface area (Å²) in [6, 6.07) is -0.282. The zero-order valence-electron chi connectivity index (χ0n) is 24.5. The fourth-order valence-corrected chi connectivity index (χ4v) is 6.54. The second-order valence-electron chi connectivity index (χ2n) is 10.7. The van der Waals surface area contributed by atoms with Crippen molar-refractivity contribution in [3.05, 3.63) is 89.0 Å². The minimum absolute atomic E-state index is 0.282. The monoisotopic (exact) mass is 521 g/mol. The summed E-state index contributed by atoms with van der Waals surface area (Å²) in [6.45, 7) is 17.3. The third-order valence-electron chi connectivity index (χ3n) is 8.77. The van der Waals surface area contributed by atoms with Crippen LogP contribution in [0.1, 0.15) is 88.0 Å². The van der Waals surface area contributed by atoms with Gasteiger partial charge in [0.15, 0.2) is 0 Å². The quantitative estimate of drug-likeness (QED) is 0.437. The van der Waals surface area contributed by atoms with Gasteiger partial charge in [-0.05, 0) is 121 Å². The Morgan fingerprint density at radius 1 is 0.821 bits per heavy atom. The minimum Gasteiger partial charge on any atom is -0.355 e. The summed E-state index contributed by atoms with van der Waals surface area (Å²) in [5, 5.41) is 5.45. The number of aromatic amines is 2. The summed E-state index contributed by atoms with van der Waals surface area (Å²) in [7, 11) is 0. The summed E-state index contributed by atoms with van der Waals surface area (Å²) < 4.78 is 0. The first kappa shape index (κ1) is 26.8. The van der Waals surface area contributed by atoms with E-state index >= 15 is 0 Å². The van der Waals surface area contributed by atoms with Crippen LogP contribution in [0.4, 0.5) is 0 Å². The van der Waals surface area contributed by atoms with Crippen molar-refractivity contribution >= 4 is 29.7 Å². The van der Waals surface area contributed by atoms with Crippen molar-refractivity contribution < 1.29 is 0 Å². The van der Waals surface area contributed by atoms with Crippen LogP contribution in [-0.2, 0) is 12.8 Å². The normalized spacial score (nSPS) is 21.9. The predicted molar refractivity (Wildman–Crippen MR) is 164 cm³/mol. The summed E-state index contributed by atoms with van der Waals surface area (Å²) in [5.41, 5.74) is 15.4. The lowest BCUT2D eigenvalue weighted by Crippen LogP contribution is -2.18. The number of H-pyrrole nitrogens is 2. The highest BCUT2D eigenvalue weighted by atomic mass is 16.2. The van der Waals surface area contributed by atoms with Gasteiger partial charge in [0.1, 0.15) is 6.04 Å². The van der Waals surface area contributed by atoms with Gasteiger partial charge in [0, 0.05) is 27.7 Å². The number of allylic oxidation sites excluding steroid dienone is 3. The first-order valence-electron chi connectivity index (χ1n) is 14.2. The van der Waals surface area contributed by atoms with Gasteiger partial charge in [0.25, 0.3) is 0 Å². The standard InChI is InChI=1S/C33H39N5O/c1-9-21-18(6)27-14-31-23(11-3)20(8)32(38-31)25(16-34-39)33-24(12-4)19(7)28(37-33)15-30-22(10-2)17(5)26(35-30)13-29(21)36-27/h13-16,33,35-36H,9-12H2,1-8H3/b25-16+,26-13-,30-15?,31-14-. The number of nitroso groups, excluding NO2 is 1. The molecule has 1 atom stereocenters. The van der Waals surface area contributed by atoms with E-state index in [9.17, 15) is 4.91 Å². The number of fused-ring (bicyclic) bond motifs is 6. The van der Waals surface area contributed by atoms with Gasteiger partial charge in [0.2, 0.25) is 0 Å². The van der Waals surface area contributed by atoms with Gasteiger partial charge in [-0.2, -0.15) is 0 Å². The number of aromatic nitrogens is 2. The van der Waals surface area contributed by atoms with Crippen LogP contribution in [0.3, 0.4) is 0 Å². The Labute approximate surface area is 230 Å². The van der Waals surface area contributed by atoms with Crippen molar-refractivity contribution in [2.45, 2.75) is 87.1 Å². The highest BCUT2D eigenvalue weighted by Gasteiger charge is 2.33. The molecule has 0 fully saturated rings. The number of rotatable bonds is 5. The Morgan fingerprint density at radius 2 is 1.56 bits per heavy atom. The Hall–Kier alpha value is -3.80. The maximum absolute atomic E-state index is 11.7. The van der Waals surface area contributed by atoms with E-state index in [4.69, 9.17) is 9.98 Å². The molecular formula is C33H39N5O. The third-order valence-corrected chi connectivity index (χ3v) is 8.77. The van der Waals surface area contributed by atoms with Crippen molar-refractivity contribution in [3.8, 4) is 0 Å². The molecule has 202 valence electrons. The highest BCUT2D eigenvalue weighted by Crippen LogP contribution is 2.38. The Bertz CT molecular complexity index is 1690. The van der Waals surface area contributed by atoms with Crippen LogP contribution in [0.5, 0.6) is 0 Å². The summed E-state index contributed by atoms with van der Waals surface area (Å²) in [4.78, 5) is 29.5. The first-order valence-corrected chi connectivity index (χ1v) is 14.2. The molecule has 2 aromatic rings. The molecule has 6 nitrogen and oxygen atoms in total. The maximum atomic E-state index is 11.7. The second-order valence-corrected chi connectivity index (χ2v) is 10.7. The van der Waals surface area contributed by atoms with E-state index in [1.165, 1.54) is 39.6 Å². The fraction of sp³-hybridized carbons (Fsp3) is 0.394. The zero-order chi connectivity index (χ0) is 28.0. The van der Waals surface area contributed by atoms with Crippen molar-refractivity contribution in [2.24, 2.45) is 15.2 Å². The Morgan fingerprint density at radius 3 is 2.21 bits per heavy atom. The van der Waals surface area contributed by atoms with Gasteiger partial charge in [-0.15, -0.1) is 4.91 Å². The molecule has 0 radical (unpaired) electrons. The SMILES string of the molecule is CCC1=C(C)C2=NC/1=C\c1[nH]c(c(CC)c1C)/C=c1\[nH]c(c(CC)c1C)=CC1=NC(C(CC)=C1C)/C2=C/N=O. The van der Waals surface area contributed by atoms with Gasteiger partial charge in [-0.3, -0.25) is 4.99 Å². The molecule has 3 aliphatic rings. The molecule has 5 heterocycles. The minimum atomic E-state index is -0.282. The van der Waals surface area contributed by atoms with E-state index < -0.39 is 0 Å². The molecule has 0 amide bonds. The van der Waals surface area contributed by atoms with Crippen molar-refractivity contribution in [1.82, 2.24) is 9.97 Å². The molecule has 2 N–H and O–H groups in total. The molecule has 5 rings (SSSR count). The molecule has 6 heteroatoms. The van der Waals surface area contributed by atoms with E-state index in [1.54, 1.807) is 0 Å². The molecular weight excluding hydrogens is 482 g/mol. The van der Waals surface area contributed by atoms with Crippen LogP contribution >= 0.6 is 0 Å². The van der Waals surface area contributed by atoms with Crippen molar-refractivity contribution in [2.75, 3.05) is 0 Å². The van der Waals surface area contributed by atoms with Gasteiger partial charge in [-0.25, -0.2) is 4.99 Å². The van der Waals surface area contributed by atoms with Crippen LogP contribution in [-0.4, -0.2) is 27.4 Å². The zero-order valence-corrected chi connectivity index (χ0v) is 24.5. The van der Waals surface area contributed by atoms with Crippen LogP contribution < -0.4 is 10.7 Å². The van der Waals surface area contributed by atoms with E-state index in [-0.39, 0.29) is 6.04 Å². The van der Waals surface area contributed by atoms with Crippen molar-refractivity contribution in [3.63, 3.8) is 0 Å². The van der Waals surface area contributed by atoms with E-state index in [0.29, 0.717) is 0 Å². The van der Waals surface area contributed by atoms with Crippen LogP contribution in [0.15, 0.2) is 54.9 Å². The van der Waals surface area contributed by atoms with Gasteiger partial charge in [0.05, 0.1) is 23.3 Å².